The molecule has 0 saturated heterocycles. The molecule has 0 fully saturated rings. The van der Waals surface area contributed by atoms with Gasteiger partial charge in [0.05, 0.1) is 12.0 Å². The molecule has 0 bridgehead atoms. The highest BCUT2D eigenvalue weighted by Crippen LogP contribution is 2.15. The summed E-state index contributed by atoms with van der Waals surface area (Å²) in [6.07, 6.45) is 8.11. The summed E-state index contributed by atoms with van der Waals surface area (Å²) in [6, 6.07) is 0. The summed E-state index contributed by atoms with van der Waals surface area (Å²) >= 11 is 0. The van der Waals surface area contributed by atoms with Crippen molar-refractivity contribution in [1.82, 2.24) is 9.97 Å². The van der Waals surface area contributed by atoms with Crippen molar-refractivity contribution in [2.24, 2.45) is 0 Å². The van der Waals surface area contributed by atoms with Gasteiger partial charge in [-0.25, -0.2) is 4.98 Å². The molecule has 2 radical (unpaired) electrons. The summed E-state index contributed by atoms with van der Waals surface area (Å²) in [6.45, 7) is 0. The number of fused-ring (bicyclic) bond motifs is 1. The maximum Gasteiger partial charge on any atom is 0.0925 e. The Balaban J connectivity index is 2.39. The van der Waals surface area contributed by atoms with Crippen LogP contribution in [0.2, 0.25) is 0 Å². The molecule has 1 heterocycles. The summed E-state index contributed by atoms with van der Waals surface area (Å²) in [4.78, 5) is 7.25. The minimum atomic E-state index is 0.954. The first-order valence-corrected chi connectivity index (χ1v) is 3.18. The smallest absolute Gasteiger partial charge is 0.0925 e. The normalized spacial score (nSPS) is 17.3. The molecule has 1 N–H and O–H groups in total. The quantitative estimate of drug-likeness (QED) is 0.543. The first-order chi connectivity index (χ1) is 4.47. The van der Waals surface area contributed by atoms with Crippen LogP contribution in [0, 0.1) is 6.42 Å². The number of nitrogens with zero attached hydrogens (tertiary/aromatic N) is 1. The van der Waals surface area contributed by atoms with Gasteiger partial charge >= 0.3 is 0 Å². The van der Waals surface area contributed by atoms with Crippen LogP contribution in [0.25, 0.3) is 0 Å². The minimum absolute atomic E-state index is 0.954. The van der Waals surface area contributed by atoms with Crippen LogP contribution in [0.3, 0.4) is 0 Å². The highest BCUT2D eigenvalue weighted by atomic mass is 14.9. The van der Waals surface area contributed by atoms with Crippen LogP contribution in [0.4, 0.5) is 0 Å². The van der Waals surface area contributed by atoms with Crippen LogP contribution >= 0.6 is 0 Å². The van der Waals surface area contributed by atoms with E-state index in [1.165, 1.54) is 11.4 Å². The third kappa shape index (κ3) is 0.745. The van der Waals surface area contributed by atoms with Gasteiger partial charge < -0.3 is 4.98 Å². The molecular formula is C7H8N2. The van der Waals surface area contributed by atoms with Crippen LogP contribution in [0.5, 0.6) is 0 Å². The first-order valence-electron chi connectivity index (χ1n) is 3.18. The van der Waals surface area contributed by atoms with Crippen molar-refractivity contribution in [3.05, 3.63) is 24.1 Å². The van der Waals surface area contributed by atoms with E-state index in [-0.39, 0.29) is 0 Å². The summed E-state index contributed by atoms with van der Waals surface area (Å²) in [7, 11) is 0. The van der Waals surface area contributed by atoms with E-state index in [4.69, 9.17) is 0 Å². The fourth-order valence-electron chi connectivity index (χ4n) is 1.14. The molecule has 0 atom stereocenters. The summed E-state index contributed by atoms with van der Waals surface area (Å²) in [5.74, 6) is 0. The predicted molar refractivity (Wildman–Crippen MR) is 33.9 cm³/mol. The van der Waals surface area contributed by atoms with E-state index in [1.807, 2.05) is 0 Å². The van der Waals surface area contributed by atoms with Crippen molar-refractivity contribution < 1.29 is 0 Å². The third-order valence-electron chi connectivity index (χ3n) is 1.65. The Hall–Kier alpha value is -0.790. The van der Waals surface area contributed by atoms with E-state index in [1.54, 1.807) is 6.33 Å². The average Bonchev–Trinajstić information content (AvgIpc) is 2.33. The molecule has 0 unspecified atom stereocenters. The Morgan fingerprint density at radius 2 is 2.67 bits per heavy atom. The zero-order chi connectivity index (χ0) is 6.10. The number of hydrogen-bond donors (Lipinski definition) is 1. The maximum absolute atomic E-state index is 4.16. The van der Waals surface area contributed by atoms with Gasteiger partial charge in [-0.2, -0.15) is 0 Å². The molecule has 2 rings (SSSR count). The molecule has 1 aliphatic rings. The lowest BCUT2D eigenvalue weighted by atomic mass is 10.0. The number of imidazole rings is 1. The van der Waals surface area contributed by atoms with Crippen molar-refractivity contribution in [2.45, 2.75) is 19.3 Å². The summed E-state index contributed by atoms with van der Waals surface area (Å²) in [5, 5.41) is 0. The van der Waals surface area contributed by atoms with Gasteiger partial charge in [0, 0.05) is 5.69 Å². The highest BCUT2D eigenvalue weighted by molar-refractivity contribution is 5.17. The van der Waals surface area contributed by atoms with Crippen LogP contribution in [0.15, 0.2) is 6.33 Å². The van der Waals surface area contributed by atoms with Gasteiger partial charge in [-0.05, 0) is 25.7 Å². The molecule has 0 saturated carbocycles. The van der Waals surface area contributed by atoms with E-state index in [2.05, 4.69) is 16.4 Å². The molecule has 1 aliphatic carbocycles. The van der Waals surface area contributed by atoms with E-state index in [0.29, 0.717) is 0 Å². The number of aromatic nitrogens is 2. The lowest BCUT2D eigenvalue weighted by Gasteiger charge is -2.06. The molecule has 0 aliphatic heterocycles. The predicted octanol–water partition coefficient (Wildman–Crippen LogP) is 0.980. The van der Waals surface area contributed by atoms with Gasteiger partial charge in [0.25, 0.3) is 0 Å². The second-order valence-corrected chi connectivity index (χ2v) is 2.25. The van der Waals surface area contributed by atoms with Crippen LogP contribution in [-0.4, -0.2) is 9.97 Å². The Morgan fingerprint density at radius 1 is 1.67 bits per heavy atom. The molecule has 9 heavy (non-hydrogen) atoms. The molecule has 0 spiro atoms. The van der Waals surface area contributed by atoms with Crippen molar-refractivity contribution in [2.75, 3.05) is 0 Å². The molecule has 0 amide bonds. The SMILES string of the molecule is [C]1CCc2nc[nH]c2C1. The van der Waals surface area contributed by atoms with E-state index in [0.717, 1.165) is 19.3 Å². The van der Waals surface area contributed by atoms with E-state index < -0.39 is 0 Å². The zero-order valence-corrected chi connectivity index (χ0v) is 5.15. The summed E-state index contributed by atoms with van der Waals surface area (Å²) < 4.78 is 0. The molecular weight excluding hydrogens is 112 g/mol. The number of H-pyrrole nitrogens is 1. The minimum Gasteiger partial charge on any atom is -0.348 e. The van der Waals surface area contributed by atoms with Crippen molar-refractivity contribution in [3.8, 4) is 0 Å². The largest absolute Gasteiger partial charge is 0.348 e. The fourth-order valence-corrected chi connectivity index (χ4v) is 1.14. The van der Waals surface area contributed by atoms with Crippen LogP contribution < -0.4 is 0 Å². The van der Waals surface area contributed by atoms with Gasteiger partial charge in [-0.1, -0.05) is 0 Å². The fraction of sp³-hybridized carbons (Fsp3) is 0.429. The Bertz CT molecular complexity index is 182. The van der Waals surface area contributed by atoms with Crippen LogP contribution in [0.1, 0.15) is 17.8 Å². The number of rotatable bonds is 0. The van der Waals surface area contributed by atoms with Crippen LogP contribution in [-0.2, 0) is 12.8 Å². The Morgan fingerprint density at radius 3 is 3.56 bits per heavy atom. The van der Waals surface area contributed by atoms with Gasteiger partial charge in [-0.15, -0.1) is 0 Å². The molecule has 0 aromatic carbocycles. The number of nitrogens with one attached hydrogen (secondary N) is 1. The molecule has 1 aromatic heterocycles. The standard InChI is InChI=1S/C7H8N2/c1-2-4-7-6(3-1)8-5-9-7/h5H,1,3-4H2,(H,8,9). The van der Waals surface area contributed by atoms with Crippen molar-refractivity contribution >= 4 is 0 Å². The van der Waals surface area contributed by atoms with Gasteiger partial charge in [0.15, 0.2) is 0 Å². The number of hydrogen-bond acceptors (Lipinski definition) is 1. The van der Waals surface area contributed by atoms with Gasteiger partial charge in [-0.3, -0.25) is 0 Å². The topological polar surface area (TPSA) is 28.7 Å². The average molecular weight is 120 g/mol. The second kappa shape index (κ2) is 1.87. The molecule has 2 nitrogen and oxygen atoms in total. The van der Waals surface area contributed by atoms with Gasteiger partial charge in [0.1, 0.15) is 0 Å². The molecule has 1 aromatic rings. The number of aromatic amines is 1. The second-order valence-electron chi connectivity index (χ2n) is 2.25. The van der Waals surface area contributed by atoms with E-state index in [9.17, 15) is 0 Å². The molecule has 2 heteroatoms. The zero-order valence-electron chi connectivity index (χ0n) is 5.15. The van der Waals surface area contributed by atoms with Gasteiger partial charge in [0.2, 0.25) is 0 Å². The monoisotopic (exact) mass is 120 g/mol. The summed E-state index contributed by atoms with van der Waals surface area (Å²) in [5.41, 5.74) is 2.48. The highest BCUT2D eigenvalue weighted by Gasteiger charge is 2.09. The lowest BCUT2D eigenvalue weighted by Crippen LogP contribution is -2.01. The van der Waals surface area contributed by atoms with Crippen molar-refractivity contribution in [1.29, 1.82) is 0 Å². The molecule has 46 valence electrons. The lowest BCUT2D eigenvalue weighted by molar-refractivity contribution is 0.800. The Labute approximate surface area is 54.3 Å². The maximum atomic E-state index is 4.16. The number of aryl methyl sites for hydroxylation is 1. The van der Waals surface area contributed by atoms with E-state index >= 15 is 0 Å². The van der Waals surface area contributed by atoms with Crippen molar-refractivity contribution in [3.63, 3.8) is 0 Å². The Kier molecular flexibility index (Phi) is 1.04. The third-order valence-corrected chi connectivity index (χ3v) is 1.65. The first kappa shape index (κ1) is 5.03.